The molecule has 32 heavy (non-hydrogen) atoms. The molecule has 1 unspecified atom stereocenters. The Bertz CT molecular complexity index is 904. The van der Waals surface area contributed by atoms with E-state index in [2.05, 4.69) is 10.6 Å². The van der Waals surface area contributed by atoms with Gasteiger partial charge in [-0.3, -0.25) is 9.59 Å². The number of likely N-dealkylation sites (tertiary alicyclic amines) is 1. The molecule has 0 radical (unpaired) electrons. The van der Waals surface area contributed by atoms with E-state index in [-0.39, 0.29) is 24.5 Å². The van der Waals surface area contributed by atoms with E-state index in [1.807, 2.05) is 53.4 Å². The Balaban J connectivity index is 1.23. The van der Waals surface area contributed by atoms with Gasteiger partial charge in [0.05, 0.1) is 12.6 Å². The molecular formula is C25H31N3O4. The molecule has 2 amide bonds. The van der Waals surface area contributed by atoms with E-state index < -0.39 is 0 Å². The first-order chi connectivity index (χ1) is 15.7. The van der Waals surface area contributed by atoms with E-state index in [9.17, 15) is 9.59 Å². The van der Waals surface area contributed by atoms with Crippen LogP contribution in [0.2, 0.25) is 0 Å². The molecule has 0 bridgehead atoms. The van der Waals surface area contributed by atoms with Crippen LogP contribution in [0, 0.1) is 0 Å². The summed E-state index contributed by atoms with van der Waals surface area (Å²) in [5, 5.41) is 5.98. The lowest BCUT2D eigenvalue weighted by atomic mass is 10.1. The van der Waals surface area contributed by atoms with Crippen molar-refractivity contribution >= 4 is 23.2 Å². The number of ether oxygens (including phenoxy) is 2. The Morgan fingerprint density at radius 2 is 1.81 bits per heavy atom. The average molecular weight is 438 g/mol. The normalized spacial score (nSPS) is 18.2. The smallest absolute Gasteiger partial charge is 0.253 e. The maximum Gasteiger partial charge on any atom is 0.253 e. The fourth-order valence-electron chi connectivity index (χ4n) is 4.03. The van der Waals surface area contributed by atoms with Crippen LogP contribution in [0.5, 0.6) is 5.75 Å². The first-order valence-electron chi connectivity index (χ1n) is 11.4. The number of carbonyl (C=O) groups excluding carboxylic acids is 2. The van der Waals surface area contributed by atoms with Gasteiger partial charge in [0.15, 0.2) is 0 Å². The van der Waals surface area contributed by atoms with Gasteiger partial charge < -0.3 is 25.0 Å². The van der Waals surface area contributed by atoms with Crippen LogP contribution >= 0.6 is 0 Å². The van der Waals surface area contributed by atoms with Crippen molar-refractivity contribution in [3.05, 3.63) is 54.1 Å². The number of piperidine rings is 1. The Kier molecular flexibility index (Phi) is 7.61. The molecule has 2 aromatic rings. The number of nitrogens with zero attached hydrogens (tertiary/aromatic N) is 1. The standard InChI is InChI=1S/C25H31N3O4/c29-24(27-21-6-4-7-22(16-21)32-18-23-8-5-15-31-23)17-26-20-11-9-19(10-12-20)25(30)28-13-2-1-3-14-28/h4,6-7,9-12,16,23,26H,1-3,5,8,13-15,17-18H2,(H,27,29). The molecule has 2 saturated heterocycles. The molecule has 2 aliphatic heterocycles. The van der Waals surface area contributed by atoms with Crippen LogP contribution in [-0.4, -0.2) is 55.7 Å². The van der Waals surface area contributed by atoms with Gasteiger partial charge in [0, 0.05) is 42.7 Å². The van der Waals surface area contributed by atoms with Crippen molar-refractivity contribution < 1.29 is 19.1 Å². The van der Waals surface area contributed by atoms with E-state index in [0.717, 1.165) is 51.1 Å². The van der Waals surface area contributed by atoms with E-state index >= 15 is 0 Å². The lowest BCUT2D eigenvalue weighted by Crippen LogP contribution is -2.35. The molecule has 1 atom stereocenters. The third kappa shape index (κ3) is 6.23. The zero-order valence-corrected chi connectivity index (χ0v) is 18.3. The molecule has 2 aliphatic rings. The second kappa shape index (κ2) is 11.0. The number of hydrogen-bond donors (Lipinski definition) is 2. The van der Waals surface area contributed by atoms with Crippen molar-refractivity contribution in [2.24, 2.45) is 0 Å². The molecule has 2 aromatic carbocycles. The summed E-state index contributed by atoms with van der Waals surface area (Å²) in [6, 6.07) is 14.7. The minimum Gasteiger partial charge on any atom is -0.491 e. The number of nitrogens with one attached hydrogen (secondary N) is 2. The predicted octanol–water partition coefficient (Wildman–Crippen LogP) is 3.92. The van der Waals surface area contributed by atoms with Gasteiger partial charge in [0.2, 0.25) is 5.91 Å². The van der Waals surface area contributed by atoms with Gasteiger partial charge in [0.1, 0.15) is 12.4 Å². The van der Waals surface area contributed by atoms with Crippen LogP contribution in [0.25, 0.3) is 0 Å². The van der Waals surface area contributed by atoms with Gasteiger partial charge in [-0.1, -0.05) is 6.07 Å². The first kappa shape index (κ1) is 22.1. The first-order valence-corrected chi connectivity index (χ1v) is 11.4. The Labute approximate surface area is 189 Å². The summed E-state index contributed by atoms with van der Waals surface area (Å²) in [6.07, 6.45) is 5.60. The van der Waals surface area contributed by atoms with Gasteiger partial charge in [-0.25, -0.2) is 0 Å². The molecule has 4 rings (SSSR count). The van der Waals surface area contributed by atoms with Gasteiger partial charge in [-0.2, -0.15) is 0 Å². The Morgan fingerprint density at radius 1 is 1.00 bits per heavy atom. The Morgan fingerprint density at radius 3 is 2.56 bits per heavy atom. The summed E-state index contributed by atoms with van der Waals surface area (Å²) in [6.45, 7) is 3.11. The molecule has 7 nitrogen and oxygen atoms in total. The third-order valence-corrected chi connectivity index (χ3v) is 5.81. The van der Waals surface area contributed by atoms with Gasteiger partial charge >= 0.3 is 0 Å². The zero-order chi connectivity index (χ0) is 22.2. The van der Waals surface area contributed by atoms with E-state index in [1.165, 1.54) is 6.42 Å². The van der Waals surface area contributed by atoms with Crippen LogP contribution in [-0.2, 0) is 9.53 Å². The number of hydrogen-bond acceptors (Lipinski definition) is 5. The minimum absolute atomic E-state index is 0.0792. The van der Waals surface area contributed by atoms with Crippen molar-refractivity contribution in [2.75, 3.05) is 43.5 Å². The molecular weight excluding hydrogens is 406 g/mol. The largest absolute Gasteiger partial charge is 0.491 e. The minimum atomic E-state index is -0.158. The van der Waals surface area contributed by atoms with Gasteiger partial charge in [0.25, 0.3) is 5.91 Å². The highest BCUT2D eigenvalue weighted by molar-refractivity contribution is 5.95. The van der Waals surface area contributed by atoms with Crippen molar-refractivity contribution in [1.82, 2.24) is 4.90 Å². The number of anilines is 2. The molecule has 2 fully saturated rings. The molecule has 7 heteroatoms. The molecule has 2 heterocycles. The fourth-order valence-corrected chi connectivity index (χ4v) is 4.03. The summed E-state index contributed by atoms with van der Waals surface area (Å²) in [7, 11) is 0. The highest BCUT2D eigenvalue weighted by Crippen LogP contribution is 2.20. The highest BCUT2D eigenvalue weighted by atomic mass is 16.5. The van der Waals surface area contributed by atoms with Crippen LogP contribution in [0.3, 0.4) is 0 Å². The number of carbonyl (C=O) groups is 2. The number of rotatable bonds is 8. The average Bonchev–Trinajstić information content (AvgIpc) is 3.36. The molecule has 170 valence electrons. The molecule has 0 saturated carbocycles. The Hall–Kier alpha value is -3.06. The summed E-state index contributed by atoms with van der Waals surface area (Å²) < 4.78 is 11.4. The summed E-state index contributed by atoms with van der Waals surface area (Å²) >= 11 is 0. The van der Waals surface area contributed by atoms with E-state index in [0.29, 0.717) is 23.6 Å². The molecule has 0 aromatic heterocycles. The summed E-state index contributed by atoms with van der Waals surface area (Å²) in [5.41, 5.74) is 2.16. The quantitative estimate of drug-likeness (QED) is 0.654. The van der Waals surface area contributed by atoms with Crippen LogP contribution < -0.4 is 15.4 Å². The topological polar surface area (TPSA) is 79.9 Å². The van der Waals surface area contributed by atoms with E-state index in [4.69, 9.17) is 9.47 Å². The maximum atomic E-state index is 12.6. The van der Waals surface area contributed by atoms with Gasteiger partial charge in [-0.15, -0.1) is 0 Å². The van der Waals surface area contributed by atoms with Crippen LogP contribution in [0.1, 0.15) is 42.5 Å². The van der Waals surface area contributed by atoms with Crippen molar-refractivity contribution in [1.29, 1.82) is 0 Å². The fraction of sp³-hybridized carbons (Fsp3) is 0.440. The monoisotopic (exact) mass is 437 g/mol. The summed E-state index contributed by atoms with van der Waals surface area (Å²) in [4.78, 5) is 26.8. The highest BCUT2D eigenvalue weighted by Gasteiger charge is 2.18. The molecule has 0 spiro atoms. The SMILES string of the molecule is O=C(CNc1ccc(C(=O)N2CCCCC2)cc1)Nc1cccc(OCC2CCCO2)c1. The van der Waals surface area contributed by atoms with Crippen LogP contribution in [0.15, 0.2) is 48.5 Å². The molecule has 0 aliphatic carbocycles. The number of amides is 2. The van der Waals surface area contributed by atoms with Crippen molar-refractivity contribution in [3.8, 4) is 5.75 Å². The second-order valence-electron chi connectivity index (χ2n) is 8.31. The van der Waals surface area contributed by atoms with Gasteiger partial charge in [-0.05, 0) is 68.5 Å². The lowest BCUT2D eigenvalue weighted by Gasteiger charge is -2.26. The van der Waals surface area contributed by atoms with E-state index in [1.54, 1.807) is 0 Å². The number of benzene rings is 2. The molecule has 2 N–H and O–H groups in total. The zero-order valence-electron chi connectivity index (χ0n) is 18.3. The summed E-state index contributed by atoms with van der Waals surface area (Å²) in [5.74, 6) is 0.630. The maximum absolute atomic E-state index is 12.6. The van der Waals surface area contributed by atoms with Crippen molar-refractivity contribution in [2.45, 2.75) is 38.2 Å². The predicted molar refractivity (Wildman–Crippen MR) is 124 cm³/mol. The lowest BCUT2D eigenvalue weighted by molar-refractivity contribution is -0.114. The van der Waals surface area contributed by atoms with Crippen molar-refractivity contribution in [3.63, 3.8) is 0 Å². The third-order valence-electron chi connectivity index (χ3n) is 5.81. The van der Waals surface area contributed by atoms with Crippen LogP contribution in [0.4, 0.5) is 11.4 Å². The second-order valence-corrected chi connectivity index (χ2v) is 8.31.